The highest BCUT2D eigenvalue weighted by atomic mass is 16.6. The summed E-state index contributed by atoms with van der Waals surface area (Å²) in [5.41, 5.74) is 1.76. The molecule has 1 N–H and O–H groups in total. The zero-order valence-electron chi connectivity index (χ0n) is 14.6. The van der Waals surface area contributed by atoms with E-state index in [9.17, 15) is 9.59 Å². The first-order valence-electron chi connectivity index (χ1n) is 8.85. The van der Waals surface area contributed by atoms with Gasteiger partial charge >= 0.3 is 6.09 Å². The van der Waals surface area contributed by atoms with Crippen LogP contribution in [-0.4, -0.2) is 35.0 Å². The Labute approximate surface area is 153 Å². The molecule has 0 spiro atoms. The summed E-state index contributed by atoms with van der Waals surface area (Å²) in [5, 5.41) is 2.91. The Kier molecular flexibility index (Phi) is 6.19. The average molecular weight is 353 g/mol. The molecule has 26 heavy (non-hydrogen) atoms. The summed E-state index contributed by atoms with van der Waals surface area (Å²) in [4.78, 5) is 30.5. The van der Waals surface area contributed by atoms with Gasteiger partial charge in [0.05, 0.1) is 18.2 Å². The molecule has 3 rings (SSSR count). The lowest BCUT2D eigenvalue weighted by Crippen LogP contribution is -2.45. The van der Waals surface area contributed by atoms with Gasteiger partial charge in [0.2, 0.25) is 5.91 Å². The van der Waals surface area contributed by atoms with E-state index in [0.29, 0.717) is 19.6 Å². The summed E-state index contributed by atoms with van der Waals surface area (Å²) >= 11 is 0. The quantitative estimate of drug-likeness (QED) is 0.897. The number of hydrogen-bond acceptors (Lipinski definition) is 4. The molecule has 0 aliphatic carbocycles. The van der Waals surface area contributed by atoms with Crippen molar-refractivity contribution in [3.63, 3.8) is 0 Å². The van der Waals surface area contributed by atoms with Crippen LogP contribution in [0.2, 0.25) is 0 Å². The minimum Gasteiger partial charge on any atom is -0.445 e. The summed E-state index contributed by atoms with van der Waals surface area (Å²) in [6.07, 6.45) is 2.90. The first kappa shape index (κ1) is 17.9. The molecule has 0 radical (unpaired) electrons. The largest absolute Gasteiger partial charge is 0.445 e. The van der Waals surface area contributed by atoms with Crippen LogP contribution in [0.25, 0.3) is 0 Å². The molecule has 0 saturated carbocycles. The average Bonchev–Trinajstić information content (AvgIpc) is 2.72. The number of carbonyl (C=O) groups is 2. The highest BCUT2D eigenvalue weighted by Crippen LogP contribution is 2.18. The van der Waals surface area contributed by atoms with Crippen LogP contribution in [-0.2, 0) is 22.7 Å². The molecule has 2 aromatic rings. The molecule has 1 aliphatic heterocycles. The first-order valence-corrected chi connectivity index (χ1v) is 8.85. The Morgan fingerprint density at radius 2 is 1.96 bits per heavy atom. The minimum atomic E-state index is -0.365. The molecule has 136 valence electrons. The third kappa shape index (κ3) is 5.05. The third-order valence-corrected chi connectivity index (χ3v) is 4.43. The zero-order chi connectivity index (χ0) is 18.2. The molecule has 1 unspecified atom stereocenters. The van der Waals surface area contributed by atoms with E-state index < -0.39 is 0 Å². The number of piperidine rings is 1. The van der Waals surface area contributed by atoms with Crippen LogP contribution in [0, 0.1) is 5.92 Å². The van der Waals surface area contributed by atoms with Gasteiger partial charge in [-0.25, -0.2) is 4.79 Å². The molecule has 1 aromatic heterocycles. The fourth-order valence-corrected chi connectivity index (χ4v) is 2.99. The van der Waals surface area contributed by atoms with Crippen LogP contribution < -0.4 is 5.32 Å². The second kappa shape index (κ2) is 8.99. The fourth-order valence-electron chi connectivity index (χ4n) is 2.99. The molecule has 2 heterocycles. The van der Waals surface area contributed by atoms with Gasteiger partial charge in [-0.15, -0.1) is 0 Å². The van der Waals surface area contributed by atoms with E-state index in [1.54, 1.807) is 11.1 Å². The van der Waals surface area contributed by atoms with Crippen LogP contribution in [0.4, 0.5) is 4.79 Å². The second-order valence-corrected chi connectivity index (χ2v) is 6.36. The lowest BCUT2D eigenvalue weighted by atomic mass is 9.97. The number of amides is 2. The number of nitrogens with one attached hydrogen (secondary N) is 1. The van der Waals surface area contributed by atoms with Crippen molar-refractivity contribution in [1.82, 2.24) is 15.2 Å². The van der Waals surface area contributed by atoms with Gasteiger partial charge in [-0.1, -0.05) is 36.4 Å². The summed E-state index contributed by atoms with van der Waals surface area (Å²) < 4.78 is 5.37. The highest BCUT2D eigenvalue weighted by molar-refractivity contribution is 5.79. The van der Waals surface area contributed by atoms with Gasteiger partial charge in [-0.2, -0.15) is 0 Å². The second-order valence-electron chi connectivity index (χ2n) is 6.36. The highest BCUT2D eigenvalue weighted by Gasteiger charge is 2.29. The van der Waals surface area contributed by atoms with Crippen LogP contribution in [0.3, 0.4) is 0 Å². The Hall–Kier alpha value is -2.89. The van der Waals surface area contributed by atoms with Crippen molar-refractivity contribution in [2.75, 3.05) is 13.1 Å². The maximum absolute atomic E-state index is 12.4. The van der Waals surface area contributed by atoms with E-state index >= 15 is 0 Å². The molecule has 1 atom stereocenters. The molecule has 1 aliphatic rings. The monoisotopic (exact) mass is 353 g/mol. The number of pyridine rings is 1. The van der Waals surface area contributed by atoms with Crippen LogP contribution in [0.15, 0.2) is 54.7 Å². The zero-order valence-corrected chi connectivity index (χ0v) is 14.6. The Morgan fingerprint density at radius 3 is 2.73 bits per heavy atom. The Balaban J connectivity index is 1.47. The molecule has 1 fully saturated rings. The number of nitrogens with zero attached hydrogens (tertiary/aromatic N) is 2. The Morgan fingerprint density at radius 1 is 1.15 bits per heavy atom. The third-order valence-electron chi connectivity index (χ3n) is 4.43. The van der Waals surface area contributed by atoms with Crippen molar-refractivity contribution in [2.24, 2.45) is 5.92 Å². The lowest BCUT2D eigenvalue weighted by molar-refractivity contribution is -0.126. The topological polar surface area (TPSA) is 71.5 Å². The summed E-state index contributed by atoms with van der Waals surface area (Å²) in [7, 11) is 0. The predicted molar refractivity (Wildman–Crippen MR) is 97.0 cm³/mol. The normalized spacial score (nSPS) is 16.8. The fraction of sp³-hybridized carbons (Fsp3) is 0.350. The summed E-state index contributed by atoms with van der Waals surface area (Å²) in [6.45, 7) is 1.65. The number of benzene rings is 1. The van der Waals surface area contributed by atoms with Gasteiger partial charge in [0.25, 0.3) is 0 Å². The molecule has 2 amide bonds. The van der Waals surface area contributed by atoms with E-state index in [1.165, 1.54) is 0 Å². The van der Waals surface area contributed by atoms with Gasteiger partial charge in [-0.3, -0.25) is 9.78 Å². The number of ether oxygens (including phenoxy) is 1. The Bertz CT molecular complexity index is 660. The number of carbonyl (C=O) groups excluding carboxylic acids is 2. The molecule has 6 nitrogen and oxygen atoms in total. The molecular weight excluding hydrogens is 330 g/mol. The smallest absolute Gasteiger partial charge is 0.410 e. The molecule has 1 saturated heterocycles. The standard InChI is InChI=1S/C20H23N3O3/c24-19(22-13-18-10-4-5-11-21-18)17-9-6-12-23(14-17)20(25)26-15-16-7-2-1-3-8-16/h1-5,7-8,10-11,17H,6,9,12-15H2,(H,22,24). The van der Waals surface area contributed by atoms with Crippen molar-refractivity contribution >= 4 is 12.0 Å². The molecule has 1 aromatic carbocycles. The van der Waals surface area contributed by atoms with Crippen LogP contribution in [0.1, 0.15) is 24.1 Å². The predicted octanol–water partition coefficient (Wildman–Crippen LogP) is 2.75. The first-order chi connectivity index (χ1) is 12.7. The van der Waals surface area contributed by atoms with Gasteiger partial charge in [0.15, 0.2) is 0 Å². The minimum absolute atomic E-state index is 0.0452. The van der Waals surface area contributed by atoms with Gasteiger partial charge in [0, 0.05) is 19.3 Å². The van der Waals surface area contributed by atoms with Crippen LogP contribution >= 0.6 is 0 Å². The maximum atomic E-state index is 12.4. The summed E-state index contributed by atoms with van der Waals surface area (Å²) in [6, 6.07) is 15.2. The van der Waals surface area contributed by atoms with Crippen molar-refractivity contribution in [3.05, 3.63) is 66.0 Å². The number of aromatic nitrogens is 1. The maximum Gasteiger partial charge on any atom is 0.410 e. The van der Waals surface area contributed by atoms with Crippen molar-refractivity contribution in [1.29, 1.82) is 0 Å². The SMILES string of the molecule is O=C(NCc1ccccn1)C1CCCN(C(=O)OCc2ccccc2)C1. The number of rotatable bonds is 5. The number of likely N-dealkylation sites (tertiary alicyclic amines) is 1. The van der Waals surface area contributed by atoms with Crippen molar-refractivity contribution < 1.29 is 14.3 Å². The number of hydrogen-bond donors (Lipinski definition) is 1. The molecule has 0 bridgehead atoms. The van der Waals surface area contributed by atoms with Gasteiger partial charge in [-0.05, 0) is 30.5 Å². The molecular formula is C20H23N3O3. The van der Waals surface area contributed by atoms with E-state index in [4.69, 9.17) is 4.74 Å². The van der Waals surface area contributed by atoms with Crippen molar-refractivity contribution in [3.8, 4) is 0 Å². The van der Waals surface area contributed by atoms with Crippen LogP contribution in [0.5, 0.6) is 0 Å². The van der Waals surface area contributed by atoms with E-state index in [-0.39, 0.29) is 24.5 Å². The van der Waals surface area contributed by atoms with E-state index in [2.05, 4.69) is 10.3 Å². The van der Waals surface area contributed by atoms with Crippen molar-refractivity contribution in [2.45, 2.75) is 26.0 Å². The van der Waals surface area contributed by atoms with E-state index in [1.807, 2.05) is 48.5 Å². The molecule has 6 heteroatoms. The van der Waals surface area contributed by atoms with E-state index in [0.717, 1.165) is 24.1 Å². The lowest BCUT2D eigenvalue weighted by Gasteiger charge is -2.31. The van der Waals surface area contributed by atoms with Gasteiger partial charge in [0.1, 0.15) is 6.61 Å². The van der Waals surface area contributed by atoms with Gasteiger partial charge < -0.3 is 15.0 Å². The summed E-state index contributed by atoms with van der Waals surface area (Å²) in [5.74, 6) is -0.257.